The van der Waals surface area contributed by atoms with Crippen molar-refractivity contribution in [2.24, 2.45) is 0 Å². The summed E-state index contributed by atoms with van der Waals surface area (Å²) in [4.78, 5) is 27.6. The maximum atomic E-state index is 12.1. The van der Waals surface area contributed by atoms with Gasteiger partial charge in [0.15, 0.2) is 0 Å². The third-order valence-electron chi connectivity index (χ3n) is 3.01. The van der Waals surface area contributed by atoms with Gasteiger partial charge in [0.2, 0.25) is 5.88 Å². The molecule has 114 valence electrons. The molecule has 22 heavy (non-hydrogen) atoms. The molecule has 1 heterocycles. The molecule has 0 saturated heterocycles. The Morgan fingerprint density at radius 1 is 1.14 bits per heavy atom. The first-order chi connectivity index (χ1) is 10.6. The summed E-state index contributed by atoms with van der Waals surface area (Å²) in [5, 5.41) is 2.78. The van der Waals surface area contributed by atoms with Crippen molar-refractivity contribution < 1.29 is 19.1 Å². The van der Waals surface area contributed by atoms with Crippen molar-refractivity contribution in [2.75, 3.05) is 14.2 Å². The highest BCUT2D eigenvalue weighted by Gasteiger charge is 2.10. The first kappa shape index (κ1) is 15.5. The molecule has 2 aromatic rings. The number of carbonyl (C=O) groups excluding carboxylic acids is 2. The lowest BCUT2D eigenvalue weighted by molar-refractivity contribution is 0.0600. The van der Waals surface area contributed by atoms with Gasteiger partial charge in [-0.15, -0.1) is 0 Å². The molecule has 6 nitrogen and oxygen atoms in total. The molecule has 0 aliphatic rings. The number of pyridine rings is 1. The third kappa shape index (κ3) is 3.82. The molecule has 0 bridgehead atoms. The fourth-order valence-corrected chi connectivity index (χ4v) is 1.86. The van der Waals surface area contributed by atoms with Gasteiger partial charge in [-0.2, -0.15) is 0 Å². The molecule has 1 aromatic carbocycles. The molecule has 0 aliphatic carbocycles. The van der Waals surface area contributed by atoms with Crippen LogP contribution < -0.4 is 10.1 Å². The lowest BCUT2D eigenvalue weighted by Crippen LogP contribution is -2.23. The van der Waals surface area contributed by atoms with Crippen molar-refractivity contribution in [3.8, 4) is 5.88 Å². The van der Waals surface area contributed by atoms with E-state index in [2.05, 4.69) is 15.0 Å². The number of hydrogen-bond acceptors (Lipinski definition) is 5. The van der Waals surface area contributed by atoms with Crippen LogP contribution in [0.25, 0.3) is 0 Å². The molecule has 0 fully saturated rings. The van der Waals surface area contributed by atoms with E-state index in [-0.39, 0.29) is 5.91 Å². The lowest BCUT2D eigenvalue weighted by atomic mass is 10.1. The van der Waals surface area contributed by atoms with Crippen molar-refractivity contribution in [1.82, 2.24) is 10.3 Å². The minimum Gasteiger partial charge on any atom is -0.481 e. The van der Waals surface area contributed by atoms with E-state index in [4.69, 9.17) is 4.74 Å². The first-order valence-electron chi connectivity index (χ1n) is 6.59. The van der Waals surface area contributed by atoms with Crippen LogP contribution in [0.1, 0.15) is 26.3 Å². The topological polar surface area (TPSA) is 77.5 Å². The number of carbonyl (C=O) groups is 2. The predicted molar refractivity (Wildman–Crippen MR) is 79.7 cm³/mol. The van der Waals surface area contributed by atoms with Crippen LogP contribution >= 0.6 is 0 Å². The highest BCUT2D eigenvalue weighted by atomic mass is 16.5. The Kier molecular flexibility index (Phi) is 5.08. The molecule has 2 rings (SSSR count). The Morgan fingerprint density at radius 3 is 2.64 bits per heavy atom. The second-order valence-corrected chi connectivity index (χ2v) is 4.46. The van der Waals surface area contributed by atoms with E-state index in [1.807, 2.05) is 0 Å². The van der Waals surface area contributed by atoms with E-state index >= 15 is 0 Å². The fraction of sp³-hybridized carbons (Fsp3) is 0.188. The molecule has 0 spiro atoms. The van der Waals surface area contributed by atoms with Gasteiger partial charge in [0.1, 0.15) is 0 Å². The standard InChI is InChI=1S/C16H16N2O4/c1-21-14-8-11(6-7-17-14)10-18-15(19)12-4-3-5-13(9-12)16(20)22-2/h3-9H,10H2,1-2H3,(H,18,19). The Morgan fingerprint density at radius 2 is 1.91 bits per heavy atom. The van der Waals surface area contributed by atoms with E-state index in [0.29, 0.717) is 23.6 Å². The van der Waals surface area contributed by atoms with Gasteiger partial charge in [-0.1, -0.05) is 6.07 Å². The number of aromatic nitrogens is 1. The monoisotopic (exact) mass is 300 g/mol. The van der Waals surface area contributed by atoms with Gasteiger partial charge in [0.25, 0.3) is 5.91 Å². The Labute approximate surface area is 128 Å². The number of ether oxygens (including phenoxy) is 2. The Bertz CT molecular complexity index is 685. The minimum atomic E-state index is -0.478. The van der Waals surface area contributed by atoms with Crippen LogP contribution in [0.5, 0.6) is 5.88 Å². The summed E-state index contributed by atoms with van der Waals surface area (Å²) in [6.45, 7) is 0.333. The van der Waals surface area contributed by atoms with Crippen LogP contribution in [-0.2, 0) is 11.3 Å². The summed E-state index contributed by atoms with van der Waals surface area (Å²) >= 11 is 0. The van der Waals surface area contributed by atoms with Gasteiger partial charge in [-0.3, -0.25) is 4.79 Å². The first-order valence-corrected chi connectivity index (χ1v) is 6.59. The van der Waals surface area contributed by atoms with E-state index < -0.39 is 5.97 Å². The number of benzene rings is 1. The van der Waals surface area contributed by atoms with Crippen molar-refractivity contribution in [3.05, 3.63) is 59.3 Å². The minimum absolute atomic E-state index is 0.276. The molecule has 0 radical (unpaired) electrons. The second-order valence-electron chi connectivity index (χ2n) is 4.46. The fourth-order valence-electron chi connectivity index (χ4n) is 1.86. The molecule has 1 aromatic heterocycles. The number of rotatable bonds is 5. The van der Waals surface area contributed by atoms with Gasteiger partial charge in [0, 0.05) is 24.4 Å². The van der Waals surface area contributed by atoms with E-state index in [9.17, 15) is 9.59 Å². The molecule has 0 saturated carbocycles. The zero-order valence-corrected chi connectivity index (χ0v) is 12.3. The molecule has 1 N–H and O–H groups in total. The van der Waals surface area contributed by atoms with Gasteiger partial charge in [-0.05, 0) is 29.8 Å². The van der Waals surface area contributed by atoms with Crippen molar-refractivity contribution in [1.29, 1.82) is 0 Å². The highest BCUT2D eigenvalue weighted by molar-refractivity contribution is 5.97. The Balaban J connectivity index is 2.04. The molecule has 1 amide bonds. The highest BCUT2D eigenvalue weighted by Crippen LogP contribution is 2.10. The van der Waals surface area contributed by atoms with Crippen molar-refractivity contribution in [3.63, 3.8) is 0 Å². The number of nitrogens with one attached hydrogen (secondary N) is 1. The van der Waals surface area contributed by atoms with Crippen molar-refractivity contribution in [2.45, 2.75) is 6.54 Å². The Hall–Kier alpha value is -2.89. The molecule has 0 unspecified atom stereocenters. The molecule has 6 heteroatoms. The van der Waals surface area contributed by atoms with Gasteiger partial charge in [-0.25, -0.2) is 9.78 Å². The van der Waals surface area contributed by atoms with Gasteiger partial charge in [0.05, 0.1) is 19.8 Å². The number of nitrogens with zero attached hydrogens (tertiary/aromatic N) is 1. The SMILES string of the molecule is COC(=O)c1cccc(C(=O)NCc2ccnc(OC)c2)c1. The maximum Gasteiger partial charge on any atom is 0.337 e. The largest absolute Gasteiger partial charge is 0.481 e. The number of hydrogen-bond donors (Lipinski definition) is 1. The van der Waals surface area contributed by atoms with Crippen LogP contribution in [0, 0.1) is 0 Å². The van der Waals surface area contributed by atoms with Crippen LogP contribution in [0.4, 0.5) is 0 Å². The number of amides is 1. The summed E-state index contributed by atoms with van der Waals surface area (Å²) in [6.07, 6.45) is 1.61. The number of methoxy groups -OCH3 is 2. The summed E-state index contributed by atoms with van der Waals surface area (Å²) in [7, 11) is 2.83. The normalized spacial score (nSPS) is 9.91. The summed E-state index contributed by atoms with van der Waals surface area (Å²) in [5.41, 5.74) is 1.59. The smallest absolute Gasteiger partial charge is 0.337 e. The zero-order valence-electron chi connectivity index (χ0n) is 12.3. The maximum absolute atomic E-state index is 12.1. The predicted octanol–water partition coefficient (Wildman–Crippen LogP) is 1.81. The average molecular weight is 300 g/mol. The van der Waals surface area contributed by atoms with Crippen LogP contribution in [0.2, 0.25) is 0 Å². The third-order valence-corrected chi connectivity index (χ3v) is 3.01. The molecular weight excluding hydrogens is 284 g/mol. The van der Waals surface area contributed by atoms with Crippen LogP contribution in [0.3, 0.4) is 0 Å². The molecular formula is C16H16N2O4. The molecule has 0 atom stereocenters. The lowest BCUT2D eigenvalue weighted by Gasteiger charge is -2.07. The van der Waals surface area contributed by atoms with E-state index in [0.717, 1.165) is 5.56 Å². The number of esters is 1. The second kappa shape index (κ2) is 7.21. The zero-order chi connectivity index (χ0) is 15.9. The summed E-state index contributed by atoms with van der Waals surface area (Å²) < 4.78 is 9.66. The quantitative estimate of drug-likeness (QED) is 0.852. The summed E-state index contributed by atoms with van der Waals surface area (Å²) in [5.74, 6) is -0.269. The van der Waals surface area contributed by atoms with Gasteiger partial charge < -0.3 is 14.8 Å². The summed E-state index contributed by atoms with van der Waals surface area (Å²) in [6, 6.07) is 9.88. The van der Waals surface area contributed by atoms with E-state index in [1.165, 1.54) is 20.3 Å². The van der Waals surface area contributed by atoms with Crippen molar-refractivity contribution >= 4 is 11.9 Å². The van der Waals surface area contributed by atoms with Crippen LogP contribution in [0.15, 0.2) is 42.6 Å². The van der Waals surface area contributed by atoms with Crippen LogP contribution in [-0.4, -0.2) is 31.1 Å². The average Bonchev–Trinajstić information content (AvgIpc) is 2.59. The van der Waals surface area contributed by atoms with Gasteiger partial charge >= 0.3 is 5.97 Å². The van der Waals surface area contributed by atoms with E-state index in [1.54, 1.807) is 36.5 Å². The molecule has 0 aliphatic heterocycles.